The Kier molecular flexibility index (Phi) is 7.29. The number of carbonyl (C=O) groups excluding carboxylic acids is 1. The number of hydrogen-bond donors (Lipinski definition) is 2. The van der Waals surface area contributed by atoms with E-state index in [2.05, 4.69) is 40.1 Å². The van der Waals surface area contributed by atoms with Crippen LogP contribution in [-0.4, -0.2) is 38.4 Å². The molecule has 8 heteroatoms. The van der Waals surface area contributed by atoms with Crippen molar-refractivity contribution in [3.05, 3.63) is 95.3 Å². The third-order valence-electron chi connectivity index (χ3n) is 6.10. The molecule has 1 heterocycles. The number of rotatable bonds is 7. The van der Waals surface area contributed by atoms with Crippen molar-refractivity contribution in [2.45, 2.75) is 37.2 Å². The largest absolute Gasteiger partial charge is 0.349 e. The molecule has 4 rings (SSSR count). The molecule has 0 aliphatic carbocycles. The molecule has 1 saturated heterocycles. The maximum Gasteiger partial charge on any atom is 0.261 e. The van der Waals surface area contributed by atoms with E-state index < -0.39 is 15.8 Å². The van der Waals surface area contributed by atoms with E-state index in [0.717, 1.165) is 32.5 Å². The van der Waals surface area contributed by atoms with Crippen LogP contribution in [0.1, 0.15) is 34.3 Å². The van der Waals surface area contributed by atoms with Gasteiger partial charge < -0.3 is 5.32 Å². The normalized spacial score (nSPS) is 15.1. The summed E-state index contributed by atoms with van der Waals surface area (Å²) >= 11 is 0. The van der Waals surface area contributed by atoms with Gasteiger partial charge in [0.05, 0.1) is 4.90 Å². The van der Waals surface area contributed by atoms with Crippen LogP contribution < -0.4 is 10.0 Å². The van der Waals surface area contributed by atoms with Crippen molar-refractivity contribution in [3.63, 3.8) is 0 Å². The number of nitrogens with zero attached hydrogens (tertiary/aromatic N) is 1. The number of likely N-dealkylation sites (tertiary alicyclic amines) is 1. The zero-order valence-corrected chi connectivity index (χ0v) is 19.8. The third-order valence-corrected chi connectivity index (χ3v) is 7.50. The summed E-state index contributed by atoms with van der Waals surface area (Å²) in [6.07, 6.45) is 1.73. The minimum absolute atomic E-state index is 0.0258. The number of carbonyl (C=O) groups is 1. The van der Waals surface area contributed by atoms with Crippen LogP contribution in [0.5, 0.6) is 0 Å². The van der Waals surface area contributed by atoms with Gasteiger partial charge in [0, 0.05) is 36.9 Å². The Morgan fingerprint density at radius 2 is 1.62 bits per heavy atom. The van der Waals surface area contributed by atoms with E-state index in [-0.39, 0.29) is 22.5 Å². The molecule has 2 N–H and O–H groups in total. The van der Waals surface area contributed by atoms with Gasteiger partial charge in [0.15, 0.2) is 0 Å². The average molecular weight is 482 g/mol. The summed E-state index contributed by atoms with van der Waals surface area (Å²) in [5.74, 6) is -0.664. The molecule has 3 aromatic carbocycles. The Bertz CT molecular complexity index is 1240. The van der Waals surface area contributed by atoms with Crippen LogP contribution in [0, 0.1) is 12.7 Å². The van der Waals surface area contributed by atoms with Gasteiger partial charge in [0.2, 0.25) is 0 Å². The van der Waals surface area contributed by atoms with Crippen molar-refractivity contribution in [1.82, 2.24) is 10.2 Å². The average Bonchev–Trinajstić information content (AvgIpc) is 2.83. The number of aryl methyl sites for hydroxylation is 1. The molecule has 1 aliphatic rings. The van der Waals surface area contributed by atoms with E-state index in [0.29, 0.717) is 5.56 Å². The van der Waals surface area contributed by atoms with E-state index >= 15 is 0 Å². The summed E-state index contributed by atoms with van der Waals surface area (Å²) in [6, 6.07) is 19.3. The van der Waals surface area contributed by atoms with Gasteiger partial charge in [0.25, 0.3) is 15.9 Å². The standard InChI is InChI=1S/C26H28FN3O3S/c1-19-4-2-3-5-21(19)18-30-16-14-23(15-17-30)28-26(31)20-6-12-25(13-7-20)34(32,33)29-24-10-8-22(27)9-11-24/h2-13,23,29H,14-18H2,1H3,(H,28,31). The van der Waals surface area contributed by atoms with Crippen molar-refractivity contribution in [1.29, 1.82) is 0 Å². The van der Waals surface area contributed by atoms with Gasteiger partial charge in [-0.25, -0.2) is 12.8 Å². The highest BCUT2D eigenvalue weighted by Crippen LogP contribution is 2.19. The van der Waals surface area contributed by atoms with Crippen molar-refractivity contribution >= 4 is 21.6 Å². The number of nitrogens with one attached hydrogen (secondary N) is 2. The molecule has 0 bridgehead atoms. The fourth-order valence-electron chi connectivity index (χ4n) is 4.05. The second kappa shape index (κ2) is 10.4. The Morgan fingerprint density at radius 1 is 0.971 bits per heavy atom. The smallest absolute Gasteiger partial charge is 0.261 e. The van der Waals surface area contributed by atoms with Crippen LogP contribution in [0.3, 0.4) is 0 Å². The van der Waals surface area contributed by atoms with Crippen molar-refractivity contribution < 1.29 is 17.6 Å². The van der Waals surface area contributed by atoms with E-state index in [1.807, 2.05) is 6.07 Å². The van der Waals surface area contributed by atoms with E-state index in [4.69, 9.17) is 0 Å². The van der Waals surface area contributed by atoms with Gasteiger partial charge in [0.1, 0.15) is 5.82 Å². The molecule has 0 radical (unpaired) electrons. The highest BCUT2D eigenvalue weighted by molar-refractivity contribution is 7.92. The maximum atomic E-state index is 13.0. The van der Waals surface area contributed by atoms with E-state index in [1.54, 1.807) is 0 Å². The molecular formula is C26H28FN3O3S. The van der Waals surface area contributed by atoms with Gasteiger partial charge >= 0.3 is 0 Å². The van der Waals surface area contributed by atoms with Crippen molar-refractivity contribution in [2.75, 3.05) is 17.8 Å². The molecule has 0 spiro atoms. The first-order valence-electron chi connectivity index (χ1n) is 11.3. The predicted molar refractivity (Wildman–Crippen MR) is 131 cm³/mol. The number of benzene rings is 3. The molecule has 1 fully saturated rings. The molecule has 1 amide bonds. The quantitative estimate of drug-likeness (QED) is 0.527. The minimum atomic E-state index is -3.84. The number of sulfonamides is 1. The lowest BCUT2D eigenvalue weighted by Gasteiger charge is -2.32. The van der Waals surface area contributed by atoms with E-state index in [1.165, 1.54) is 59.7 Å². The van der Waals surface area contributed by atoms with Crippen LogP contribution in [-0.2, 0) is 16.6 Å². The Hall–Kier alpha value is -3.23. The van der Waals surface area contributed by atoms with Crippen LogP contribution >= 0.6 is 0 Å². The Labute approximate surface area is 199 Å². The Morgan fingerprint density at radius 3 is 2.26 bits per heavy atom. The second-order valence-electron chi connectivity index (χ2n) is 8.59. The van der Waals surface area contributed by atoms with Crippen LogP contribution in [0.4, 0.5) is 10.1 Å². The summed E-state index contributed by atoms with van der Waals surface area (Å²) in [5, 5.41) is 3.07. The number of amides is 1. The highest BCUT2D eigenvalue weighted by atomic mass is 32.2. The summed E-state index contributed by atoms with van der Waals surface area (Å²) < 4.78 is 40.6. The fraction of sp³-hybridized carbons (Fsp3) is 0.269. The summed E-state index contributed by atoms with van der Waals surface area (Å²) in [5.41, 5.74) is 3.28. The third kappa shape index (κ3) is 6.01. The number of hydrogen-bond acceptors (Lipinski definition) is 4. The molecule has 0 atom stereocenters. The summed E-state index contributed by atoms with van der Waals surface area (Å²) in [6.45, 7) is 4.85. The van der Waals surface area contributed by atoms with Gasteiger partial charge in [-0.1, -0.05) is 24.3 Å². The molecule has 3 aromatic rings. The number of piperidine rings is 1. The molecule has 178 valence electrons. The number of halogens is 1. The molecule has 0 unspecified atom stereocenters. The molecular weight excluding hydrogens is 453 g/mol. The first-order valence-corrected chi connectivity index (χ1v) is 12.7. The van der Waals surface area contributed by atoms with Gasteiger partial charge in [-0.2, -0.15) is 0 Å². The summed E-state index contributed by atoms with van der Waals surface area (Å²) in [7, 11) is -3.84. The van der Waals surface area contributed by atoms with Crippen LogP contribution in [0.25, 0.3) is 0 Å². The molecule has 1 aliphatic heterocycles. The van der Waals surface area contributed by atoms with Crippen LogP contribution in [0.15, 0.2) is 77.7 Å². The zero-order chi connectivity index (χ0) is 24.1. The van der Waals surface area contributed by atoms with Gasteiger partial charge in [-0.15, -0.1) is 0 Å². The minimum Gasteiger partial charge on any atom is -0.349 e. The fourth-order valence-corrected chi connectivity index (χ4v) is 5.11. The van der Waals surface area contributed by atoms with Crippen molar-refractivity contribution in [3.8, 4) is 0 Å². The first-order chi connectivity index (χ1) is 16.3. The molecule has 34 heavy (non-hydrogen) atoms. The lowest BCUT2D eigenvalue weighted by Crippen LogP contribution is -2.44. The van der Waals surface area contributed by atoms with Crippen molar-refractivity contribution in [2.24, 2.45) is 0 Å². The molecule has 0 aromatic heterocycles. The van der Waals surface area contributed by atoms with E-state index in [9.17, 15) is 17.6 Å². The molecule has 0 saturated carbocycles. The lowest BCUT2D eigenvalue weighted by atomic mass is 10.0. The van der Waals surface area contributed by atoms with Gasteiger partial charge in [-0.05, 0) is 79.4 Å². The number of anilines is 1. The SMILES string of the molecule is Cc1ccccc1CN1CCC(NC(=O)c2ccc(S(=O)(=O)Nc3ccc(F)cc3)cc2)CC1. The second-order valence-corrected chi connectivity index (χ2v) is 10.3. The lowest BCUT2D eigenvalue weighted by molar-refractivity contribution is 0.0909. The highest BCUT2D eigenvalue weighted by Gasteiger charge is 2.22. The molecule has 6 nitrogen and oxygen atoms in total. The first kappa shape index (κ1) is 23.9. The predicted octanol–water partition coefficient (Wildman–Crippen LogP) is 4.33. The Balaban J connectivity index is 1.30. The monoisotopic (exact) mass is 481 g/mol. The van der Waals surface area contributed by atoms with Gasteiger partial charge in [-0.3, -0.25) is 14.4 Å². The van der Waals surface area contributed by atoms with Crippen LogP contribution in [0.2, 0.25) is 0 Å². The topological polar surface area (TPSA) is 78.5 Å². The summed E-state index contributed by atoms with van der Waals surface area (Å²) in [4.78, 5) is 15.1. The maximum absolute atomic E-state index is 13.0. The zero-order valence-electron chi connectivity index (χ0n) is 19.0.